The average Bonchev–Trinajstić information content (AvgIpc) is 3.10. The molecule has 21 heavy (non-hydrogen) atoms. The minimum Gasteiger partial charge on any atom is -0.493 e. The molecule has 0 saturated carbocycles. The van der Waals surface area contributed by atoms with Gasteiger partial charge in [0, 0.05) is 24.8 Å². The highest BCUT2D eigenvalue weighted by molar-refractivity contribution is 5.83. The molecule has 1 aliphatic rings. The summed E-state index contributed by atoms with van der Waals surface area (Å²) < 4.78 is 7.83. The van der Waals surface area contributed by atoms with Crippen LogP contribution in [0.2, 0.25) is 0 Å². The van der Waals surface area contributed by atoms with Gasteiger partial charge in [0.2, 0.25) is 0 Å². The van der Waals surface area contributed by atoms with Crippen LogP contribution >= 0.6 is 0 Å². The van der Waals surface area contributed by atoms with Crippen LogP contribution < -0.4 is 10.5 Å². The molecular weight excluding hydrogens is 260 g/mol. The van der Waals surface area contributed by atoms with Gasteiger partial charge in [-0.15, -0.1) is 0 Å². The fraction of sp³-hybridized carbons (Fsp3) is 0.222. The van der Waals surface area contributed by atoms with E-state index in [-0.39, 0.29) is 0 Å². The van der Waals surface area contributed by atoms with E-state index in [4.69, 9.17) is 10.5 Å². The Balaban J connectivity index is 1.57. The van der Waals surface area contributed by atoms with Crippen LogP contribution in [0.3, 0.4) is 0 Å². The van der Waals surface area contributed by atoms with Crippen LogP contribution in [0.5, 0.6) is 5.75 Å². The molecule has 0 saturated heterocycles. The van der Waals surface area contributed by atoms with Gasteiger partial charge >= 0.3 is 0 Å². The maximum absolute atomic E-state index is 5.89. The van der Waals surface area contributed by atoms with Crippen molar-refractivity contribution in [1.82, 2.24) is 4.57 Å². The summed E-state index contributed by atoms with van der Waals surface area (Å²) in [5, 5.41) is 1.24. The van der Waals surface area contributed by atoms with Gasteiger partial charge < -0.3 is 15.0 Å². The Bertz CT molecular complexity index is 804. The van der Waals surface area contributed by atoms with Gasteiger partial charge in [-0.05, 0) is 47.2 Å². The van der Waals surface area contributed by atoms with Gasteiger partial charge in [-0.3, -0.25) is 0 Å². The van der Waals surface area contributed by atoms with Gasteiger partial charge in [0.15, 0.2) is 0 Å². The summed E-state index contributed by atoms with van der Waals surface area (Å²) in [4.78, 5) is 0. The molecule has 0 fully saturated rings. The van der Waals surface area contributed by atoms with Crippen LogP contribution in [0.25, 0.3) is 10.9 Å². The number of aryl methyl sites for hydroxylation is 2. The molecule has 0 aliphatic carbocycles. The Morgan fingerprint density at radius 3 is 3.00 bits per heavy atom. The number of rotatable bonds is 3. The number of ether oxygens (including phenoxy) is 1. The van der Waals surface area contributed by atoms with Crippen LogP contribution in [0, 0.1) is 0 Å². The fourth-order valence-electron chi connectivity index (χ4n) is 3.04. The summed E-state index contributed by atoms with van der Waals surface area (Å²) in [6, 6.07) is 14.8. The second kappa shape index (κ2) is 4.85. The zero-order valence-corrected chi connectivity index (χ0v) is 11.9. The molecule has 2 aromatic carbocycles. The molecule has 3 heteroatoms. The minimum absolute atomic E-state index is 0.817. The van der Waals surface area contributed by atoms with Crippen LogP contribution in [0.1, 0.15) is 11.1 Å². The van der Waals surface area contributed by atoms with Crippen molar-refractivity contribution in [2.24, 2.45) is 0 Å². The van der Waals surface area contributed by atoms with Crippen LogP contribution in [0.15, 0.2) is 48.7 Å². The highest BCUT2D eigenvalue weighted by Gasteiger charge is 2.12. The second-order valence-electron chi connectivity index (χ2n) is 5.62. The molecule has 0 spiro atoms. The Hall–Kier alpha value is -2.42. The summed E-state index contributed by atoms with van der Waals surface area (Å²) in [7, 11) is 0. The van der Waals surface area contributed by atoms with Crippen LogP contribution in [0.4, 0.5) is 5.69 Å². The van der Waals surface area contributed by atoms with Gasteiger partial charge in [-0.1, -0.05) is 18.2 Å². The number of hydrogen-bond acceptors (Lipinski definition) is 2. The van der Waals surface area contributed by atoms with E-state index in [1.54, 1.807) is 0 Å². The SMILES string of the molecule is Nc1ccc2ccn(CCc3ccc4c(c3)CCO4)c2c1. The predicted molar refractivity (Wildman–Crippen MR) is 85.7 cm³/mol. The van der Waals surface area contributed by atoms with Gasteiger partial charge in [-0.2, -0.15) is 0 Å². The average molecular weight is 278 g/mol. The Kier molecular flexibility index (Phi) is 2.85. The fourth-order valence-corrected chi connectivity index (χ4v) is 3.04. The Morgan fingerprint density at radius 1 is 1.10 bits per heavy atom. The Labute approximate surface area is 123 Å². The molecule has 3 nitrogen and oxygen atoms in total. The maximum atomic E-state index is 5.89. The largest absolute Gasteiger partial charge is 0.493 e. The molecule has 1 aliphatic heterocycles. The quantitative estimate of drug-likeness (QED) is 0.746. The van der Waals surface area contributed by atoms with E-state index in [0.717, 1.165) is 37.4 Å². The standard InChI is InChI=1S/C18H18N2O/c19-16-3-2-14-6-9-20(17(14)12-16)8-5-13-1-4-18-15(11-13)7-10-21-18/h1-4,6,9,11-12H,5,7-8,10,19H2. The molecule has 1 aromatic heterocycles. The number of aromatic nitrogens is 1. The van der Waals surface area contributed by atoms with Crippen molar-refractivity contribution in [2.75, 3.05) is 12.3 Å². The van der Waals surface area contributed by atoms with Crippen molar-refractivity contribution >= 4 is 16.6 Å². The first-order chi connectivity index (χ1) is 10.3. The number of nitrogens with zero attached hydrogens (tertiary/aromatic N) is 1. The van der Waals surface area contributed by atoms with Gasteiger partial charge in [0.1, 0.15) is 5.75 Å². The van der Waals surface area contributed by atoms with E-state index in [1.165, 1.54) is 22.0 Å². The summed E-state index contributed by atoms with van der Waals surface area (Å²) in [5.41, 5.74) is 10.6. The molecule has 0 atom stereocenters. The highest BCUT2D eigenvalue weighted by atomic mass is 16.5. The van der Waals surface area contributed by atoms with E-state index < -0.39 is 0 Å². The van der Waals surface area contributed by atoms with Gasteiger partial charge in [-0.25, -0.2) is 0 Å². The summed E-state index contributed by atoms with van der Waals surface area (Å²) in [6.45, 7) is 1.78. The van der Waals surface area contributed by atoms with Crippen molar-refractivity contribution in [1.29, 1.82) is 0 Å². The topological polar surface area (TPSA) is 40.2 Å². The maximum Gasteiger partial charge on any atom is 0.122 e. The molecule has 106 valence electrons. The van der Waals surface area contributed by atoms with E-state index in [0.29, 0.717) is 0 Å². The lowest BCUT2D eigenvalue weighted by molar-refractivity contribution is 0.357. The van der Waals surface area contributed by atoms with E-state index in [1.807, 2.05) is 12.1 Å². The minimum atomic E-state index is 0.817. The summed E-state index contributed by atoms with van der Waals surface area (Å²) in [6.07, 6.45) is 4.19. The lowest BCUT2D eigenvalue weighted by Crippen LogP contribution is -2.00. The molecule has 0 unspecified atom stereocenters. The first-order valence-corrected chi connectivity index (χ1v) is 7.38. The molecule has 2 heterocycles. The first kappa shape index (κ1) is 12.3. The normalized spacial score (nSPS) is 13.3. The number of hydrogen-bond donors (Lipinski definition) is 1. The lowest BCUT2D eigenvalue weighted by Gasteiger charge is -2.07. The van der Waals surface area contributed by atoms with E-state index in [2.05, 4.69) is 41.1 Å². The third-order valence-corrected chi connectivity index (χ3v) is 4.19. The zero-order valence-electron chi connectivity index (χ0n) is 11.9. The van der Waals surface area contributed by atoms with Crippen molar-refractivity contribution in [3.8, 4) is 5.75 Å². The molecular formula is C18H18N2O. The van der Waals surface area contributed by atoms with Crippen LogP contribution in [-0.2, 0) is 19.4 Å². The van der Waals surface area contributed by atoms with Crippen molar-refractivity contribution in [3.05, 3.63) is 59.8 Å². The van der Waals surface area contributed by atoms with Crippen molar-refractivity contribution in [3.63, 3.8) is 0 Å². The third kappa shape index (κ3) is 2.25. The number of anilines is 1. The second-order valence-corrected chi connectivity index (χ2v) is 5.62. The smallest absolute Gasteiger partial charge is 0.122 e. The number of fused-ring (bicyclic) bond motifs is 2. The van der Waals surface area contributed by atoms with Crippen molar-refractivity contribution in [2.45, 2.75) is 19.4 Å². The first-order valence-electron chi connectivity index (χ1n) is 7.38. The monoisotopic (exact) mass is 278 g/mol. The molecule has 4 rings (SSSR count). The molecule has 0 amide bonds. The van der Waals surface area contributed by atoms with Gasteiger partial charge in [0.25, 0.3) is 0 Å². The Morgan fingerprint density at radius 2 is 2.05 bits per heavy atom. The van der Waals surface area contributed by atoms with Crippen molar-refractivity contribution < 1.29 is 4.74 Å². The van der Waals surface area contributed by atoms with E-state index in [9.17, 15) is 0 Å². The lowest BCUT2D eigenvalue weighted by atomic mass is 10.1. The van der Waals surface area contributed by atoms with E-state index >= 15 is 0 Å². The summed E-state index contributed by atoms with van der Waals surface area (Å²) in [5.74, 6) is 1.05. The third-order valence-electron chi connectivity index (χ3n) is 4.19. The zero-order chi connectivity index (χ0) is 14.2. The molecule has 0 radical (unpaired) electrons. The molecule has 3 aromatic rings. The summed E-state index contributed by atoms with van der Waals surface area (Å²) >= 11 is 0. The molecule has 2 N–H and O–H groups in total. The number of nitrogens with two attached hydrogens (primary N) is 1. The number of benzene rings is 2. The number of nitrogen functional groups attached to an aromatic ring is 1. The molecule has 0 bridgehead atoms. The van der Waals surface area contributed by atoms with Gasteiger partial charge in [0.05, 0.1) is 12.1 Å². The van der Waals surface area contributed by atoms with Crippen LogP contribution in [-0.4, -0.2) is 11.2 Å². The predicted octanol–water partition coefficient (Wildman–Crippen LogP) is 3.40. The highest BCUT2D eigenvalue weighted by Crippen LogP contribution is 2.26.